The first kappa shape index (κ1) is 15.7. The van der Waals surface area contributed by atoms with Gasteiger partial charge in [0.05, 0.1) is 4.92 Å². The van der Waals surface area contributed by atoms with E-state index in [4.69, 9.17) is 0 Å². The molecule has 1 aromatic heterocycles. The van der Waals surface area contributed by atoms with Crippen molar-refractivity contribution < 1.29 is 4.92 Å². The normalized spacial score (nSPS) is 18.4. The second-order valence-corrected chi connectivity index (χ2v) is 5.55. The SMILES string of the molecule is O=[N+]([O-])c1cccnc1NCCCCCC1CCCCN1. The highest BCUT2D eigenvalue weighted by molar-refractivity contribution is 5.54. The number of nitrogens with zero attached hydrogens (tertiary/aromatic N) is 2. The minimum atomic E-state index is -0.399. The number of piperidine rings is 1. The number of hydrogen-bond acceptors (Lipinski definition) is 5. The zero-order chi connectivity index (χ0) is 14.9. The molecule has 2 rings (SSSR count). The summed E-state index contributed by atoms with van der Waals surface area (Å²) in [5.41, 5.74) is 0.0453. The zero-order valence-corrected chi connectivity index (χ0v) is 12.4. The van der Waals surface area contributed by atoms with Gasteiger partial charge >= 0.3 is 5.69 Å². The van der Waals surface area contributed by atoms with Gasteiger partial charge in [0, 0.05) is 24.8 Å². The molecule has 6 nitrogen and oxygen atoms in total. The van der Waals surface area contributed by atoms with Gasteiger partial charge in [0.1, 0.15) is 0 Å². The Bertz CT molecular complexity index is 447. The van der Waals surface area contributed by atoms with Gasteiger partial charge in [-0.1, -0.05) is 19.3 Å². The molecule has 0 amide bonds. The predicted molar refractivity (Wildman–Crippen MR) is 83.5 cm³/mol. The van der Waals surface area contributed by atoms with E-state index in [-0.39, 0.29) is 5.69 Å². The minimum Gasteiger partial charge on any atom is -0.364 e. The van der Waals surface area contributed by atoms with Crippen molar-refractivity contribution in [1.29, 1.82) is 0 Å². The molecule has 1 aromatic rings. The highest BCUT2D eigenvalue weighted by Crippen LogP contribution is 2.20. The smallest absolute Gasteiger partial charge is 0.311 e. The summed E-state index contributed by atoms with van der Waals surface area (Å²) in [6.45, 7) is 1.89. The van der Waals surface area contributed by atoms with Crippen LogP contribution in [0.25, 0.3) is 0 Å². The third-order valence-electron chi connectivity index (χ3n) is 3.92. The van der Waals surface area contributed by atoms with Crippen LogP contribution < -0.4 is 10.6 Å². The second-order valence-electron chi connectivity index (χ2n) is 5.55. The van der Waals surface area contributed by atoms with Gasteiger partial charge in [-0.25, -0.2) is 4.98 Å². The van der Waals surface area contributed by atoms with Crippen LogP contribution in [0.4, 0.5) is 11.5 Å². The molecule has 0 radical (unpaired) electrons. The van der Waals surface area contributed by atoms with E-state index in [1.807, 2.05) is 0 Å². The molecule has 2 N–H and O–H groups in total. The van der Waals surface area contributed by atoms with Crippen molar-refractivity contribution in [2.75, 3.05) is 18.4 Å². The van der Waals surface area contributed by atoms with Crippen molar-refractivity contribution in [1.82, 2.24) is 10.3 Å². The monoisotopic (exact) mass is 292 g/mol. The number of pyridine rings is 1. The molecule has 21 heavy (non-hydrogen) atoms. The van der Waals surface area contributed by atoms with Crippen molar-refractivity contribution >= 4 is 11.5 Å². The fourth-order valence-electron chi connectivity index (χ4n) is 2.75. The number of hydrogen-bond donors (Lipinski definition) is 2. The van der Waals surface area contributed by atoms with E-state index in [1.165, 1.54) is 38.2 Å². The summed E-state index contributed by atoms with van der Waals surface area (Å²) in [7, 11) is 0. The number of rotatable bonds is 8. The number of unbranched alkanes of at least 4 members (excludes halogenated alkanes) is 2. The van der Waals surface area contributed by atoms with Gasteiger partial charge in [0.15, 0.2) is 0 Å². The van der Waals surface area contributed by atoms with Crippen LogP contribution in [0, 0.1) is 10.1 Å². The summed E-state index contributed by atoms with van der Waals surface area (Å²) in [5, 5.41) is 17.5. The third kappa shape index (κ3) is 5.30. The number of nitro groups is 1. The standard InChI is InChI=1S/C15H24N4O2/c20-19(21)14-9-6-12-18-15(14)17-11-4-1-2-7-13-8-3-5-10-16-13/h6,9,12-13,16H,1-5,7-8,10-11H2,(H,17,18). The maximum atomic E-state index is 10.9. The van der Waals surface area contributed by atoms with Crippen LogP contribution in [-0.4, -0.2) is 29.0 Å². The van der Waals surface area contributed by atoms with Gasteiger partial charge in [-0.15, -0.1) is 0 Å². The van der Waals surface area contributed by atoms with E-state index in [0.29, 0.717) is 11.9 Å². The lowest BCUT2D eigenvalue weighted by atomic mass is 9.99. The Morgan fingerprint density at radius 3 is 3.05 bits per heavy atom. The Balaban J connectivity index is 1.60. The highest BCUT2D eigenvalue weighted by Gasteiger charge is 2.13. The lowest BCUT2D eigenvalue weighted by molar-refractivity contribution is -0.384. The predicted octanol–water partition coefficient (Wildman–Crippen LogP) is 3.10. The molecular formula is C15H24N4O2. The van der Waals surface area contributed by atoms with Crippen LogP contribution in [0.2, 0.25) is 0 Å². The lowest BCUT2D eigenvalue weighted by Gasteiger charge is -2.23. The van der Waals surface area contributed by atoms with Gasteiger partial charge in [-0.3, -0.25) is 10.1 Å². The maximum absolute atomic E-state index is 10.9. The van der Waals surface area contributed by atoms with Crippen LogP contribution >= 0.6 is 0 Å². The van der Waals surface area contributed by atoms with Crippen molar-refractivity contribution in [2.24, 2.45) is 0 Å². The van der Waals surface area contributed by atoms with Gasteiger partial charge in [0.25, 0.3) is 0 Å². The first-order valence-corrected chi connectivity index (χ1v) is 7.84. The van der Waals surface area contributed by atoms with Crippen LogP contribution in [-0.2, 0) is 0 Å². The molecule has 1 aliphatic heterocycles. The summed E-state index contributed by atoms with van der Waals surface area (Å²) in [6, 6.07) is 3.76. The fraction of sp³-hybridized carbons (Fsp3) is 0.667. The fourth-order valence-corrected chi connectivity index (χ4v) is 2.75. The van der Waals surface area contributed by atoms with Crippen molar-refractivity contribution in [3.05, 3.63) is 28.4 Å². The maximum Gasteiger partial charge on any atom is 0.311 e. The third-order valence-corrected chi connectivity index (χ3v) is 3.92. The Hall–Kier alpha value is -1.69. The second kappa shape index (κ2) is 8.56. The lowest BCUT2D eigenvalue weighted by Crippen LogP contribution is -2.33. The number of aromatic nitrogens is 1. The molecule has 0 spiro atoms. The van der Waals surface area contributed by atoms with Crippen LogP contribution in [0.5, 0.6) is 0 Å². The zero-order valence-electron chi connectivity index (χ0n) is 12.4. The number of anilines is 1. The molecule has 1 aliphatic rings. The van der Waals surface area contributed by atoms with Crippen LogP contribution in [0.3, 0.4) is 0 Å². The average Bonchev–Trinajstić information content (AvgIpc) is 2.52. The van der Waals surface area contributed by atoms with E-state index < -0.39 is 4.92 Å². The van der Waals surface area contributed by atoms with Crippen LogP contribution in [0.1, 0.15) is 44.9 Å². The molecule has 116 valence electrons. The molecule has 6 heteroatoms. The molecule has 1 fully saturated rings. The summed E-state index contributed by atoms with van der Waals surface area (Å²) in [6.07, 6.45) is 10.1. The molecular weight excluding hydrogens is 268 g/mol. The van der Waals surface area contributed by atoms with E-state index in [1.54, 1.807) is 12.3 Å². The van der Waals surface area contributed by atoms with Crippen molar-refractivity contribution in [3.63, 3.8) is 0 Å². The Labute approximate surface area is 125 Å². The highest BCUT2D eigenvalue weighted by atomic mass is 16.6. The van der Waals surface area contributed by atoms with E-state index in [9.17, 15) is 10.1 Å². The average molecular weight is 292 g/mol. The van der Waals surface area contributed by atoms with Crippen molar-refractivity contribution in [2.45, 2.75) is 51.0 Å². The summed E-state index contributed by atoms with van der Waals surface area (Å²) in [4.78, 5) is 14.5. The van der Waals surface area contributed by atoms with Gasteiger partial charge in [-0.05, 0) is 38.3 Å². The summed E-state index contributed by atoms with van der Waals surface area (Å²) in [5.74, 6) is 0.372. The van der Waals surface area contributed by atoms with E-state index >= 15 is 0 Å². The Morgan fingerprint density at radius 1 is 1.38 bits per heavy atom. The summed E-state index contributed by atoms with van der Waals surface area (Å²) < 4.78 is 0. The number of nitrogens with one attached hydrogen (secondary N) is 2. The first-order chi connectivity index (χ1) is 10.3. The minimum absolute atomic E-state index is 0.0453. The topological polar surface area (TPSA) is 80.1 Å². The quantitative estimate of drug-likeness (QED) is 0.437. The molecule has 0 bridgehead atoms. The van der Waals surface area contributed by atoms with Gasteiger partial charge < -0.3 is 10.6 Å². The van der Waals surface area contributed by atoms with Gasteiger partial charge in [-0.2, -0.15) is 0 Å². The molecule has 0 aromatic carbocycles. The molecule has 0 saturated carbocycles. The van der Waals surface area contributed by atoms with Gasteiger partial charge in [0.2, 0.25) is 5.82 Å². The first-order valence-electron chi connectivity index (χ1n) is 7.84. The molecule has 1 atom stereocenters. The molecule has 2 heterocycles. The van der Waals surface area contributed by atoms with Crippen molar-refractivity contribution in [3.8, 4) is 0 Å². The molecule has 0 aliphatic carbocycles. The van der Waals surface area contributed by atoms with Crippen LogP contribution in [0.15, 0.2) is 18.3 Å². The Morgan fingerprint density at radius 2 is 2.29 bits per heavy atom. The summed E-state index contributed by atoms with van der Waals surface area (Å²) >= 11 is 0. The Kier molecular flexibility index (Phi) is 6.40. The van der Waals surface area contributed by atoms with E-state index in [0.717, 1.165) is 25.9 Å². The molecule has 1 unspecified atom stereocenters. The largest absolute Gasteiger partial charge is 0.364 e. The molecule has 1 saturated heterocycles. The van der Waals surface area contributed by atoms with E-state index in [2.05, 4.69) is 15.6 Å².